The summed E-state index contributed by atoms with van der Waals surface area (Å²) in [7, 11) is 0. The Balaban J connectivity index is 1.29. The Kier molecular flexibility index (Phi) is 3.24. The van der Waals surface area contributed by atoms with Crippen LogP contribution in [0.4, 0.5) is 0 Å². The summed E-state index contributed by atoms with van der Waals surface area (Å²) in [6, 6.07) is 6.35. The number of rotatable bonds is 4. The van der Waals surface area contributed by atoms with E-state index in [1.54, 1.807) is 0 Å². The number of hydrogen-bond acceptors (Lipinski definition) is 3. The van der Waals surface area contributed by atoms with Gasteiger partial charge in [-0.2, -0.15) is 0 Å². The van der Waals surface area contributed by atoms with Gasteiger partial charge in [0.05, 0.1) is 0 Å². The van der Waals surface area contributed by atoms with Crippen LogP contribution in [0.25, 0.3) is 0 Å². The van der Waals surface area contributed by atoms with Crippen molar-refractivity contribution < 1.29 is 14.3 Å². The van der Waals surface area contributed by atoms with Gasteiger partial charge in [-0.15, -0.1) is 0 Å². The molecule has 1 heterocycles. The molecule has 4 rings (SSSR count). The second-order valence-corrected chi connectivity index (χ2v) is 6.54. The Morgan fingerprint density at radius 3 is 2.90 bits per heavy atom. The predicted octanol–water partition coefficient (Wildman–Crippen LogP) is 2.65. The summed E-state index contributed by atoms with van der Waals surface area (Å²) >= 11 is 0. The molecule has 3 aliphatic rings. The maximum atomic E-state index is 12.1. The Hall–Kier alpha value is -1.71. The summed E-state index contributed by atoms with van der Waals surface area (Å²) in [5.74, 6) is 3.38. The van der Waals surface area contributed by atoms with Gasteiger partial charge in [-0.25, -0.2) is 0 Å². The Labute approximate surface area is 124 Å². The molecule has 1 aromatic rings. The lowest BCUT2D eigenvalue weighted by atomic mass is 9.95. The summed E-state index contributed by atoms with van der Waals surface area (Å²) in [6.45, 7) is 0.295. The zero-order valence-electron chi connectivity index (χ0n) is 12.1. The predicted molar refractivity (Wildman–Crippen MR) is 78.3 cm³/mol. The fraction of sp³-hybridized carbons (Fsp3) is 0.588. The first-order valence-corrected chi connectivity index (χ1v) is 7.96. The normalized spacial score (nSPS) is 28.9. The lowest BCUT2D eigenvalue weighted by molar-refractivity contribution is -0.122. The number of benzene rings is 1. The van der Waals surface area contributed by atoms with Crippen molar-refractivity contribution in [2.24, 2.45) is 11.8 Å². The van der Waals surface area contributed by atoms with Crippen LogP contribution in [0.1, 0.15) is 37.7 Å². The Bertz CT molecular complexity index is 557. The van der Waals surface area contributed by atoms with E-state index in [4.69, 9.17) is 9.47 Å². The molecule has 2 aliphatic carbocycles. The Morgan fingerprint density at radius 1 is 1.19 bits per heavy atom. The van der Waals surface area contributed by atoms with Gasteiger partial charge in [0.1, 0.15) is 0 Å². The zero-order valence-corrected chi connectivity index (χ0v) is 12.1. The molecule has 21 heavy (non-hydrogen) atoms. The Morgan fingerprint density at radius 2 is 2.10 bits per heavy atom. The fourth-order valence-corrected chi connectivity index (χ4v) is 4.05. The molecule has 0 radical (unpaired) electrons. The van der Waals surface area contributed by atoms with Crippen molar-refractivity contribution in [1.82, 2.24) is 5.32 Å². The standard InChI is InChI=1S/C17H21NO3/c19-17(18-14-8-12-1-4-13(14)7-12)6-3-11-2-5-15-16(9-11)21-10-20-15/h2,5,9,12-14H,1,3-4,6-8,10H2,(H,18,19). The SMILES string of the molecule is O=C(CCc1ccc2c(c1)OCO2)NC1CC2CCC1C2. The van der Waals surface area contributed by atoms with Crippen LogP contribution in [-0.2, 0) is 11.2 Å². The average molecular weight is 287 g/mol. The number of aryl methyl sites for hydroxylation is 1. The number of carbonyl (C=O) groups is 1. The highest BCUT2D eigenvalue weighted by molar-refractivity contribution is 5.76. The molecule has 0 aromatic heterocycles. The van der Waals surface area contributed by atoms with Crippen LogP contribution in [0, 0.1) is 11.8 Å². The molecule has 3 atom stereocenters. The first-order chi connectivity index (χ1) is 10.3. The second-order valence-electron chi connectivity index (χ2n) is 6.54. The zero-order chi connectivity index (χ0) is 14.2. The van der Waals surface area contributed by atoms with Crippen molar-refractivity contribution in [3.05, 3.63) is 23.8 Å². The van der Waals surface area contributed by atoms with E-state index in [0.29, 0.717) is 19.3 Å². The van der Waals surface area contributed by atoms with Crippen LogP contribution in [0.3, 0.4) is 0 Å². The van der Waals surface area contributed by atoms with Crippen LogP contribution < -0.4 is 14.8 Å². The number of hydrogen-bond donors (Lipinski definition) is 1. The van der Waals surface area contributed by atoms with E-state index in [1.807, 2.05) is 18.2 Å². The van der Waals surface area contributed by atoms with Gasteiger partial charge in [0, 0.05) is 12.5 Å². The summed E-state index contributed by atoms with van der Waals surface area (Å²) in [4.78, 5) is 12.1. The third-order valence-electron chi connectivity index (χ3n) is 5.16. The van der Waals surface area contributed by atoms with Gasteiger partial charge in [0.2, 0.25) is 12.7 Å². The maximum Gasteiger partial charge on any atom is 0.231 e. The van der Waals surface area contributed by atoms with Crippen LogP contribution >= 0.6 is 0 Å². The molecule has 0 spiro atoms. The van der Waals surface area contributed by atoms with E-state index >= 15 is 0 Å². The van der Waals surface area contributed by atoms with Gasteiger partial charge >= 0.3 is 0 Å². The van der Waals surface area contributed by atoms with Gasteiger partial charge in [0.15, 0.2) is 11.5 Å². The molecule has 112 valence electrons. The molecule has 1 aromatic carbocycles. The van der Waals surface area contributed by atoms with Crippen molar-refractivity contribution in [3.8, 4) is 11.5 Å². The molecule has 2 bridgehead atoms. The maximum absolute atomic E-state index is 12.1. The summed E-state index contributed by atoms with van der Waals surface area (Å²) in [5, 5.41) is 3.24. The minimum Gasteiger partial charge on any atom is -0.454 e. The third kappa shape index (κ3) is 2.59. The van der Waals surface area contributed by atoms with Gasteiger partial charge in [-0.3, -0.25) is 4.79 Å². The minimum atomic E-state index is 0.185. The number of amides is 1. The summed E-state index contributed by atoms with van der Waals surface area (Å²) in [6.07, 6.45) is 6.50. The number of ether oxygens (including phenoxy) is 2. The highest BCUT2D eigenvalue weighted by Gasteiger charge is 2.39. The quantitative estimate of drug-likeness (QED) is 0.926. The summed E-state index contributed by atoms with van der Waals surface area (Å²) < 4.78 is 10.7. The van der Waals surface area contributed by atoms with Gasteiger partial charge in [-0.1, -0.05) is 12.5 Å². The van der Waals surface area contributed by atoms with Gasteiger partial charge in [-0.05, 0) is 55.2 Å². The van der Waals surface area contributed by atoms with Gasteiger partial charge < -0.3 is 14.8 Å². The van der Waals surface area contributed by atoms with E-state index in [-0.39, 0.29) is 5.91 Å². The lowest BCUT2D eigenvalue weighted by Crippen LogP contribution is -2.38. The minimum absolute atomic E-state index is 0.185. The molecule has 4 heteroatoms. The van der Waals surface area contributed by atoms with Crippen molar-refractivity contribution in [3.63, 3.8) is 0 Å². The largest absolute Gasteiger partial charge is 0.454 e. The number of fused-ring (bicyclic) bond motifs is 3. The number of carbonyl (C=O) groups excluding carboxylic acids is 1. The molecule has 1 amide bonds. The van der Waals surface area contributed by atoms with E-state index in [9.17, 15) is 4.79 Å². The van der Waals surface area contributed by atoms with E-state index in [0.717, 1.165) is 35.3 Å². The molecule has 2 saturated carbocycles. The highest BCUT2D eigenvalue weighted by Crippen LogP contribution is 2.44. The second kappa shape index (κ2) is 5.24. The lowest BCUT2D eigenvalue weighted by Gasteiger charge is -2.22. The smallest absolute Gasteiger partial charge is 0.231 e. The molecule has 3 unspecified atom stereocenters. The van der Waals surface area contributed by atoms with Crippen LogP contribution in [0.15, 0.2) is 18.2 Å². The first-order valence-electron chi connectivity index (χ1n) is 7.96. The number of nitrogens with one attached hydrogen (secondary N) is 1. The molecule has 1 aliphatic heterocycles. The topological polar surface area (TPSA) is 47.6 Å². The van der Waals surface area contributed by atoms with E-state index in [2.05, 4.69) is 5.32 Å². The van der Waals surface area contributed by atoms with Crippen LogP contribution in [0.5, 0.6) is 11.5 Å². The van der Waals surface area contributed by atoms with E-state index < -0.39 is 0 Å². The third-order valence-corrected chi connectivity index (χ3v) is 5.16. The van der Waals surface area contributed by atoms with Gasteiger partial charge in [0.25, 0.3) is 0 Å². The van der Waals surface area contributed by atoms with Crippen LogP contribution in [-0.4, -0.2) is 18.7 Å². The molecule has 1 N–H and O–H groups in total. The molecule has 2 fully saturated rings. The fourth-order valence-electron chi connectivity index (χ4n) is 4.05. The van der Waals surface area contributed by atoms with Crippen molar-refractivity contribution in [2.75, 3.05) is 6.79 Å². The van der Waals surface area contributed by atoms with Crippen molar-refractivity contribution in [1.29, 1.82) is 0 Å². The molecular formula is C17H21NO3. The van der Waals surface area contributed by atoms with E-state index in [1.165, 1.54) is 25.7 Å². The summed E-state index contributed by atoms with van der Waals surface area (Å²) in [5.41, 5.74) is 1.13. The van der Waals surface area contributed by atoms with Crippen molar-refractivity contribution in [2.45, 2.75) is 44.6 Å². The van der Waals surface area contributed by atoms with Crippen LogP contribution in [0.2, 0.25) is 0 Å². The van der Waals surface area contributed by atoms with Crippen molar-refractivity contribution >= 4 is 5.91 Å². The average Bonchev–Trinajstić information content (AvgIpc) is 3.20. The monoisotopic (exact) mass is 287 g/mol. The first kappa shape index (κ1) is 13.0. The molecule has 4 nitrogen and oxygen atoms in total. The molecule has 0 saturated heterocycles. The highest BCUT2D eigenvalue weighted by atomic mass is 16.7. The molecular weight excluding hydrogens is 266 g/mol.